The number of piperidine rings is 2. The van der Waals surface area contributed by atoms with E-state index in [0.717, 1.165) is 18.8 Å². The van der Waals surface area contributed by atoms with E-state index in [-0.39, 0.29) is 11.6 Å². The molecular weight excluding hydrogens is 286 g/mol. The Morgan fingerprint density at radius 2 is 1.78 bits per heavy atom. The van der Waals surface area contributed by atoms with E-state index in [2.05, 4.69) is 11.8 Å². The summed E-state index contributed by atoms with van der Waals surface area (Å²) in [5, 5.41) is 23.0. The first-order valence-corrected chi connectivity index (χ1v) is 10.3. The lowest BCUT2D eigenvalue weighted by atomic mass is 9.54. The molecule has 0 aromatic heterocycles. The van der Waals surface area contributed by atoms with Gasteiger partial charge in [0.1, 0.15) is 0 Å². The lowest BCUT2D eigenvalue weighted by molar-refractivity contribution is -0.171. The molecule has 7 rings (SSSR count). The molecule has 0 amide bonds. The van der Waals surface area contributed by atoms with E-state index >= 15 is 0 Å². The standard InChI is InChI=1S/C20H31NO2/c1-11-6-7-15-16-8-12-9-20(15,23)19(21(11)16)10-17(22)13-4-2-3-5-14(13)18(12)19/h11-18,22-23H,2-10H2,1H3/t11-,12-,13+,14+,15+,16+,17+,18-,19-,20+/m0/s1. The van der Waals surface area contributed by atoms with Crippen molar-refractivity contribution in [3.05, 3.63) is 0 Å². The first-order chi connectivity index (χ1) is 11.1. The molecule has 3 heteroatoms. The molecule has 7 aliphatic rings. The second-order valence-corrected chi connectivity index (χ2v) is 9.97. The highest BCUT2D eigenvalue weighted by molar-refractivity contribution is 5.34. The van der Waals surface area contributed by atoms with Crippen LogP contribution in [0, 0.1) is 29.6 Å². The first kappa shape index (κ1) is 14.1. The van der Waals surface area contributed by atoms with Crippen molar-refractivity contribution in [1.29, 1.82) is 0 Å². The molecule has 11 atom stereocenters. The minimum Gasteiger partial charge on any atom is -0.393 e. The predicted octanol–water partition coefficient (Wildman–Crippen LogP) is 2.55. The molecule has 3 heterocycles. The largest absolute Gasteiger partial charge is 0.393 e. The zero-order valence-electron chi connectivity index (χ0n) is 14.3. The van der Waals surface area contributed by atoms with Crippen LogP contribution >= 0.6 is 0 Å². The molecule has 3 nitrogen and oxygen atoms in total. The Balaban J connectivity index is 1.54. The van der Waals surface area contributed by atoms with E-state index < -0.39 is 5.60 Å². The van der Waals surface area contributed by atoms with Gasteiger partial charge in [-0.05, 0) is 75.5 Å². The first-order valence-electron chi connectivity index (χ1n) is 10.3. The van der Waals surface area contributed by atoms with Gasteiger partial charge >= 0.3 is 0 Å². The highest BCUT2D eigenvalue weighted by Gasteiger charge is 2.82. The van der Waals surface area contributed by atoms with Crippen LogP contribution in [-0.2, 0) is 0 Å². The topological polar surface area (TPSA) is 43.7 Å². The number of aliphatic hydroxyl groups excluding tert-OH is 1. The molecule has 2 N–H and O–H groups in total. The van der Waals surface area contributed by atoms with Gasteiger partial charge in [0, 0.05) is 18.0 Å². The van der Waals surface area contributed by atoms with Gasteiger partial charge in [-0.1, -0.05) is 12.8 Å². The van der Waals surface area contributed by atoms with Crippen LogP contribution in [-0.4, -0.2) is 44.4 Å². The second kappa shape index (κ2) is 4.16. The molecule has 0 aromatic carbocycles. The SMILES string of the molecule is C[C@H]1CC[C@@H]2[C@H]3C[C@H]4C[C@]2(O)[C@@]2(C[C@@H](O)[C@@H]5CCCC[C@H]5[C@H]42)N31. The van der Waals surface area contributed by atoms with Crippen molar-refractivity contribution >= 4 is 0 Å². The molecule has 1 unspecified atom stereocenters. The van der Waals surface area contributed by atoms with Gasteiger partial charge in [0.2, 0.25) is 0 Å². The van der Waals surface area contributed by atoms with Gasteiger partial charge in [-0.2, -0.15) is 0 Å². The number of fused-ring (bicyclic) bond motifs is 1. The van der Waals surface area contributed by atoms with Crippen molar-refractivity contribution in [3.8, 4) is 0 Å². The van der Waals surface area contributed by atoms with E-state index in [1.165, 1.54) is 44.9 Å². The zero-order chi connectivity index (χ0) is 15.6. The predicted molar refractivity (Wildman–Crippen MR) is 87.8 cm³/mol. The van der Waals surface area contributed by atoms with Crippen molar-refractivity contribution in [2.24, 2.45) is 29.6 Å². The van der Waals surface area contributed by atoms with E-state index in [1.54, 1.807) is 0 Å². The molecule has 23 heavy (non-hydrogen) atoms. The third-order valence-corrected chi connectivity index (χ3v) is 9.54. The van der Waals surface area contributed by atoms with E-state index in [9.17, 15) is 10.2 Å². The summed E-state index contributed by atoms with van der Waals surface area (Å²) in [6, 6.07) is 1.21. The summed E-state index contributed by atoms with van der Waals surface area (Å²) in [6.07, 6.45) is 10.7. The quantitative estimate of drug-likeness (QED) is 0.722. The Morgan fingerprint density at radius 1 is 1.00 bits per heavy atom. The second-order valence-electron chi connectivity index (χ2n) is 9.97. The molecular formula is C20H31NO2. The van der Waals surface area contributed by atoms with E-state index in [1.807, 2.05) is 0 Å². The number of hydrogen-bond donors (Lipinski definition) is 2. The lowest BCUT2D eigenvalue weighted by Crippen LogP contribution is -2.69. The zero-order valence-corrected chi connectivity index (χ0v) is 14.3. The van der Waals surface area contributed by atoms with Gasteiger partial charge < -0.3 is 10.2 Å². The minimum absolute atomic E-state index is 0.0703. The number of hydrogen-bond acceptors (Lipinski definition) is 3. The van der Waals surface area contributed by atoms with Crippen LogP contribution in [0.2, 0.25) is 0 Å². The molecule has 7 fully saturated rings. The van der Waals surface area contributed by atoms with Gasteiger partial charge in [0.15, 0.2) is 0 Å². The molecule has 4 aliphatic carbocycles. The maximum atomic E-state index is 12.0. The normalized spacial score (nSPS) is 68.7. The summed E-state index contributed by atoms with van der Waals surface area (Å²) in [5.74, 6) is 3.10. The lowest BCUT2D eigenvalue weighted by Gasteiger charge is -2.61. The van der Waals surface area contributed by atoms with Crippen molar-refractivity contribution < 1.29 is 10.2 Å². The van der Waals surface area contributed by atoms with Crippen LogP contribution in [0.15, 0.2) is 0 Å². The minimum atomic E-state index is -0.487. The molecule has 6 bridgehead atoms. The molecule has 4 saturated carbocycles. The molecule has 3 aliphatic heterocycles. The smallest absolute Gasteiger partial charge is 0.0880 e. The Morgan fingerprint density at radius 3 is 2.61 bits per heavy atom. The Kier molecular flexibility index (Phi) is 2.55. The Bertz CT molecular complexity index is 552. The van der Waals surface area contributed by atoms with Gasteiger partial charge in [-0.15, -0.1) is 0 Å². The number of aliphatic hydroxyl groups is 2. The highest BCUT2D eigenvalue weighted by Crippen LogP contribution is 2.75. The van der Waals surface area contributed by atoms with E-state index in [0.29, 0.717) is 35.8 Å². The summed E-state index contributed by atoms with van der Waals surface area (Å²) < 4.78 is 0. The van der Waals surface area contributed by atoms with Crippen molar-refractivity contribution in [2.75, 3.05) is 0 Å². The van der Waals surface area contributed by atoms with Crippen LogP contribution in [0.4, 0.5) is 0 Å². The van der Waals surface area contributed by atoms with Gasteiger partial charge in [0.25, 0.3) is 0 Å². The summed E-state index contributed by atoms with van der Waals surface area (Å²) in [4.78, 5) is 2.78. The van der Waals surface area contributed by atoms with Crippen LogP contribution in [0.5, 0.6) is 0 Å². The van der Waals surface area contributed by atoms with Gasteiger partial charge in [-0.3, -0.25) is 4.90 Å². The van der Waals surface area contributed by atoms with Crippen molar-refractivity contribution in [1.82, 2.24) is 4.90 Å². The highest BCUT2D eigenvalue weighted by atomic mass is 16.3. The number of nitrogens with zero attached hydrogens (tertiary/aromatic N) is 1. The van der Waals surface area contributed by atoms with Crippen LogP contribution in [0.3, 0.4) is 0 Å². The fourth-order valence-corrected chi connectivity index (χ4v) is 9.29. The summed E-state index contributed by atoms with van der Waals surface area (Å²) in [7, 11) is 0. The van der Waals surface area contributed by atoms with Crippen LogP contribution < -0.4 is 0 Å². The molecule has 0 radical (unpaired) electrons. The molecule has 0 aromatic rings. The van der Waals surface area contributed by atoms with Gasteiger partial charge in [0.05, 0.1) is 17.2 Å². The monoisotopic (exact) mass is 317 g/mol. The fourth-order valence-electron chi connectivity index (χ4n) is 9.29. The fraction of sp³-hybridized carbons (Fsp3) is 1.00. The Labute approximate surface area is 139 Å². The molecule has 3 saturated heterocycles. The van der Waals surface area contributed by atoms with Crippen molar-refractivity contribution in [3.63, 3.8) is 0 Å². The summed E-state index contributed by atoms with van der Waals surface area (Å²) in [5.41, 5.74) is -0.557. The van der Waals surface area contributed by atoms with E-state index in [4.69, 9.17) is 0 Å². The maximum absolute atomic E-state index is 12.0. The summed E-state index contributed by atoms with van der Waals surface area (Å²) >= 11 is 0. The third-order valence-electron chi connectivity index (χ3n) is 9.54. The summed E-state index contributed by atoms with van der Waals surface area (Å²) in [6.45, 7) is 2.39. The third kappa shape index (κ3) is 1.32. The molecule has 1 spiro atoms. The molecule has 128 valence electrons. The average Bonchev–Trinajstić information content (AvgIpc) is 2.75. The number of rotatable bonds is 0. The van der Waals surface area contributed by atoms with Crippen LogP contribution in [0.25, 0.3) is 0 Å². The Hall–Kier alpha value is -0.120. The van der Waals surface area contributed by atoms with Gasteiger partial charge in [-0.25, -0.2) is 0 Å². The van der Waals surface area contributed by atoms with Crippen molar-refractivity contribution in [2.45, 2.75) is 94.0 Å². The average molecular weight is 317 g/mol. The maximum Gasteiger partial charge on any atom is 0.0880 e. The van der Waals surface area contributed by atoms with Crippen LogP contribution in [0.1, 0.15) is 64.7 Å².